The van der Waals surface area contributed by atoms with E-state index >= 15 is 0 Å². The van der Waals surface area contributed by atoms with Crippen molar-refractivity contribution in [1.82, 2.24) is 0 Å². The number of rotatable bonds is 8. The van der Waals surface area contributed by atoms with Gasteiger partial charge in [0.1, 0.15) is 36.1 Å². The number of allylic oxidation sites excluding steroid dienone is 3. The average molecular weight is 607 g/mol. The number of aliphatic hydroxyl groups excluding tert-OH is 5. The molecule has 0 spiro atoms. The van der Waals surface area contributed by atoms with E-state index in [0.29, 0.717) is 42.4 Å². The van der Waals surface area contributed by atoms with E-state index in [-0.39, 0.29) is 17.8 Å². The molecule has 0 aromatic carbocycles. The summed E-state index contributed by atoms with van der Waals surface area (Å²) < 4.78 is 11.7. The Balaban J connectivity index is 1.33. The third kappa shape index (κ3) is 5.50. The molecule has 0 amide bonds. The molecule has 43 heavy (non-hydrogen) atoms. The molecule has 15 atom stereocenters. The molecule has 5 aliphatic rings. The fourth-order valence-electron chi connectivity index (χ4n) is 10.2. The number of fused-ring (bicyclic) bond motifs is 5. The Morgan fingerprint density at radius 2 is 1.67 bits per heavy atom. The second-order valence-corrected chi connectivity index (χ2v) is 15.5. The Kier molecular flexibility index (Phi) is 9.67. The van der Waals surface area contributed by atoms with Gasteiger partial charge < -0.3 is 40.1 Å². The summed E-state index contributed by atoms with van der Waals surface area (Å²) in [6.45, 7) is 13.3. The molecule has 8 heteroatoms. The smallest absolute Gasteiger partial charge is 0.186 e. The van der Waals surface area contributed by atoms with Crippen molar-refractivity contribution >= 4 is 0 Å². The molecular formula is C35H58O8. The summed E-state index contributed by atoms with van der Waals surface area (Å²) >= 11 is 0. The zero-order chi connectivity index (χ0) is 31.5. The highest BCUT2D eigenvalue weighted by atomic mass is 16.7. The molecule has 8 nitrogen and oxygen atoms in total. The van der Waals surface area contributed by atoms with Crippen molar-refractivity contribution in [1.29, 1.82) is 0 Å². The minimum atomic E-state index is -1.52. The van der Waals surface area contributed by atoms with Gasteiger partial charge in [-0.15, -0.1) is 0 Å². The summed E-state index contributed by atoms with van der Waals surface area (Å²) in [5, 5.41) is 64.3. The van der Waals surface area contributed by atoms with E-state index in [2.05, 4.69) is 53.7 Å². The second kappa shape index (κ2) is 12.4. The SMILES string of the molecule is CCC(C=CC(C)C1CCC2C3=CC(O)C4(O)CC(OC5OC(CO)C(O)C(O)C5O)CCC4(C)C3CCC21C)C(C)C. The quantitative estimate of drug-likeness (QED) is 0.230. The topological polar surface area (TPSA) is 140 Å². The van der Waals surface area contributed by atoms with Crippen LogP contribution in [0, 0.1) is 46.3 Å². The molecule has 246 valence electrons. The van der Waals surface area contributed by atoms with Crippen molar-refractivity contribution in [3.63, 3.8) is 0 Å². The van der Waals surface area contributed by atoms with Crippen LogP contribution in [0.4, 0.5) is 0 Å². The Labute approximate surface area is 258 Å². The minimum absolute atomic E-state index is 0.167. The molecule has 0 bridgehead atoms. The van der Waals surface area contributed by atoms with E-state index in [0.717, 1.165) is 25.7 Å². The summed E-state index contributed by atoms with van der Waals surface area (Å²) in [5.41, 5.74) is -0.427. The molecule has 0 aromatic rings. The highest BCUT2D eigenvalue weighted by molar-refractivity contribution is 5.33. The molecular weight excluding hydrogens is 548 g/mol. The van der Waals surface area contributed by atoms with Crippen molar-refractivity contribution in [3.8, 4) is 0 Å². The fraction of sp³-hybridized carbons (Fsp3) is 0.886. The lowest BCUT2D eigenvalue weighted by molar-refractivity contribution is -0.322. The zero-order valence-electron chi connectivity index (χ0n) is 27.1. The van der Waals surface area contributed by atoms with Crippen LogP contribution in [-0.4, -0.2) is 85.8 Å². The highest BCUT2D eigenvalue weighted by Gasteiger charge is 2.65. The lowest BCUT2D eigenvalue weighted by atomic mass is 9.45. The largest absolute Gasteiger partial charge is 0.394 e. The zero-order valence-corrected chi connectivity index (χ0v) is 27.1. The predicted molar refractivity (Wildman–Crippen MR) is 164 cm³/mol. The Hall–Kier alpha value is -0.840. The highest BCUT2D eigenvalue weighted by Crippen LogP contribution is 2.67. The van der Waals surface area contributed by atoms with Crippen molar-refractivity contribution < 1.29 is 40.1 Å². The van der Waals surface area contributed by atoms with Crippen molar-refractivity contribution in [2.75, 3.05) is 6.61 Å². The van der Waals surface area contributed by atoms with Crippen LogP contribution in [0.5, 0.6) is 0 Å². The lowest BCUT2D eigenvalue weighted by Gasteiger charge is -2.62. The molecule has 3 saturated carbocycles. The average Bonchev–Trinajstić information content (AvgIpc) is 3.32. The predicted octanol–water partition coefficient (Wildman–Crippen LogP) is 3.71. The first kappa shape index (κ1) is 33.5. The van der Waals surface area contributed by atoms with Gasteiger partial charge >= 0.3 is 0 Å². The number of aliphatic hydroxyl groups is 6. The lowest BCUT2D eigenvalue weighted by Crippen LogP contribution is -2.66. The van der Waals surface area contributed by atoms with Gasteiger partial charge in [0.25, 0.3) is 0 Å². The van der Waals surface area contributed by atoms with E-state index in [1.54, 1.807) is 0 Å². The summed E-state index contributed by atoms with van der Waals surface area (Å²) in [6.07, 6.45) is 5.51. The fourth-order valence-corrected chi connectivity index (χ4v) is 10.2. The van der Waals surface area contributed by atoms with E-state index < -0.39 is 60.5 Å². The summed E-state index contributed by atoms with van der Waals surface area (Å²) in [7, 11) is 0. The van der Waals surface area contributed by atoms with Crippen LogP contribution in [0.3, 0.4) is 0 Å². The van der Waals surface area contributed by atoms with E-state index in [9.17, 15) is 30.6 Å². The third-order valence-electron chi connectivity index (χ3n) is 13.1. The summed E-state index contributed by atoms with van der Waals surface area (Å²) in [4.78, 5) is 0. The minimum Gasteiger partial charge on any atom is -0.394 e. The van der Waals surface area contributed by atoms with Crippen molar-refractivity contribution in [2.24, 2.45) is 46.3 Å². The molecule has 4 fully saturated rings. The van der Waals surface area contributed by atoms with Gasteiger partial charge in [0, 0.05) is 11.8 Å². The molecule has 1 heterocycles. The Morgan fingerprint density at radius 1 is 0.953 bits per heavy atom. The van der Waals surface area contributed by atoms with Gasteiger partial charge in [-0.25, -0.2) is 0 Å². The Bertz CT molecular complexity index is 1040. The molecule has 0 radical (unpaired) electrons. The third-order valence-corrected chi connectivity index (χ3v) is 13.1. The Morgan fingerprint density at radius 3 is 2.33 bits per heavy atom. The van der Waals surface area contributed by atoms with Gasteiger partial charge in [-0.1, -0.05) is 65.3 Å². The van der Waals surface area contributed by atoms with E-state index in [1.807, 2.05) is 6.08 Å². The van der Waals surface area contributed by atoms with Gasteiger partial charge in [0.15, 0.2) is 6.29 Å². The van der Waals surface area contributed by atoms with Crippen molar-refractivity contribution in [2.45, 2.75) is 141 Å². The second-order valence-electron chi connectivity index (χ2n) is 15.5. The van der Waals surface area contributed by atoms with Crippen LogP contribution in [-0.2, 0) is 9.47 Å². The summed E-state index contributed by atoms with van der Waals surface area (Å²) in [5.74, 6) is 2.92. The first-order valence-electron chi connectivity index (χ1n) is 17.0. The summed E-state index contributed by atoms with van der Waals surface area (Å²) in [6, 6.07) is 0. The van der Waals surface area contributed by atoms with Crippen LogP contribution < -0.4 is 0 Å². The maximum atomic E-state index is 12.2. The monoisotopic (exact) mass is 606 g/mol. The standard InChI is InChI=1S/C35H58O8/c1-7-21(19(2)3)9-8-20(4)24-10-11-25-23-16-28(37)35(41)17-22(12-15-34(35,6)26(23)13-14-33(24,25)5)42-32-31(40)30(39)29(38)27(18-36)43-32/h8-9,16,19-22,24-32,36-41H,7,10-15,17-18H2,1-6H3. The first-order valence-corrected chi connectivity index (χ1v) is 17.0. The number of ether oxygens (including phenoxy) is 2. The van der Waals surface area contributed by atoms with Crippen LogP contribution in [0.1, 0.15) is 92.9 Å². The maximum absolute atomic E-state index is 12.2. The van der Waals surface area contributed by atoms with Crippen LogP contribution in [0.25, 0.3) is 0 Å². The molecule has 6 N–H and O–H groups in total. The normalized spacial score (nSPS) is 49.7. The first-order chi connectivity index (χ1) is 20.2. The number of hydrogen-bond acceptors (Lipinski definition) is 8. The van der Waals surface area contributed by atoms with Gasteiger partial charge in [0.2, 0.25) is 0 Å². The van der Waals surface area contributed by atoms with Crippen LogP contribution >= 0.6 is 0 Å². The van der Waals surface area contributed by atoms with Gasteiger partial charge in [-0.3, -0.25) is 0 Å². The molecule has 1 aliphatic heterocycles. The molecule has 5 rings (SSSR count). The molecule has 1 saturated heterocycles. The van der Waals surface area contributed by atoms with Crippen LogP contribution in [0.15, 0.2) is 23.8 Å². The van der Waals surface area contributed by atoms with Gasteiger partial charge in [-0.2, -0.15) is 0 Å². The maximum Gasteiger partial charge on any atom is 0.186 e. The molecule has 4 aliphatic carbocycles. The van der Waals surface area contributed by atoms with Gasteiger partial charge in [-0.05, 0) is 85.9 Å². The molecule has 15 unspecified atom stereocenters. The number of hydrogen-bond donors (Lipinski definition) is 6. The van der Waals surface area contributed by atoms with Gasteiger partial charge in [0.05, 0.1) is 12.7 Å². The van der Waals surface area contributed by atoms with Crippen LogP contribution in [0.2, 0.25) is 0 Å². The molecule has 0 aromatic heterocycles. The van der Waals surface area contributed by atoms with E-state index in [4.69, 9.17) is 9.47 Å². The van der Waals surface area contributed by atoms with E-state index in [1.165, 1.54) is 12.0 Å². The van der Waals surface area contributed by atoms with Crippen molar-refractivity contribution in [3.05, 3.63) is 23.8 Å².